The summed E-state index contributed by atoms with van der Waals surface area (Å²) < 4.78 is 59.0. The number of aliphatic hydroxyl groups is 3. The second-order valence-electron chi connectivity index (χ2n) is 16.0. The van der Waals surface area contributed by atoms with Crippen molar-refractivity contribution in [1.82, 2.24) is 0 Å². The van der Waals surface area contributed by atoms with Gasteiger partial charge in [0.05, 0.1) is 19.8 Å². The number of ether oxygens (including phenoxy) is 4. The molecule has 342 valence electrons. The number of unbranched alkanes of at least 4 members (excludes halogenated alkanes) is 23. The van der Waals surface area contributed by atoms with Gasteiger partial charge in [-0.05, 0) is 64.2 Å². The smallest absolute Gasteiger partial charge is 0.397 e. The van der Waals surface area contributed by atoms with Crippen LogP contribution in [0.3, 0.4) is 0 Å². The predicted octanol–water partition coefficient (Wildman–Crippen LogP) is 9.63. The molecular weight excluding hydrogens is 765 g/mol. The summed E-state index contributed by atoms with van der Waals surface area (Å²) in [4.78, 5) is 12.8. The van der Waals surface area contributed by atoms with Crippen molar-refractivity contribution in [3.8, 4) is 0 Å². The average Bonchev–Trinajstić information content (AvgIpc) is 3.19. The number of allylic oxidation sites excluding steroid dienone is 4. The molecule has 0 aromatic rings. The largest absolute Gasteiger partial charge is 0.457 e. The summed E-state index contributed by atoms with van der Waals surface area (Å²) in [5, 5.41) is 30.6. The van der Waals surface area contributed by atoms with E-state index in [2.05, 4.69) is 42.3 Å². The van der Waals surface area contributed by atoms with E-state index in [1.165, 1.54) is 109 Å². The van der Waals surface area contributed by atoms with Crippen molar-refractivity contribution < 1.29 is 56.2 Å². The number of rotatable bonds is 40. The Hall–Kier alpha value is -1.42. The molecule has 6 atom stereocenters. The molecule has 0 aromatic carbocycles. The zero-order chi connectivity index (χ0) is 42.5. The minimum atomic E-state index is -5.06. The molecule has 1 fully saturated rings. The van der Waals surface area contributed by atoms with Crippen LogP contribution < -0.4 is 0 Å². The zero-order valence-electron chi connectivity index (χ0n) is 36.4. The molecule has 1 rings (SSSR count). The first-order chi connectivity index (χ1) is 28.1. The number of hydrogen-bond donors (Lipinski definition) is 4. The van der Waals surface area contributed by atoms with Crippen LogP contribution in [0.4, 0.5) is 0 Å². The van der Waals surface area contributed by atoms with E-state index in [-0.39, 0.29) is 19.6 Å². The Morgan fingerprint density at radius 1 is 0.638 bits per heavy atom. The van der Waals surface area contributed by atoms with Crippen LogP contribution in [0.2, 0.25) is 0 Å². The van der Waals surface area contributed by atoms with Gasteiger partial charge in [0.2, 0.25) is 0 Å². The van der Waals surface area contributed by atoms with Gasteiger partial charge in [0.25, 0.3) is 0 Å². The maximum atomic E-state index is 12.8. The second-order valence-corrected chi connectivity index (χ2v) is 17.0. The Labute approximate surface area is 352 Å². The Kier molecular flexibility index (Phi) is 35.2. The van der Waals surface area contributed by atoms with E-state index in [0.29, 0.717) is 13.0 Å². The molecule has 1 saturated heterocycles. The van der Waals surface area contributed by atoms with Gasteiger partial charge in [0.1, 0.15) is 30.5 Å². The summed E-state index contributed by atoms with van der Waals surface area (Å²) in [5.41, 5.74) is 0. The maximum absolute atomic E-state index is 12.8. The molecule has 0 radical (unpaired) electrons. The number of esters is 1. The van der Waals surface area contributed by atoms with Crippen molar-refractivity contribution >= 4 is 16.4 Å². The average molecular weight is 849 g/mol. The van der Waals surface area contributed by atoms with Crippen molar-refractivity contribution in [2.75, 3.05) is 26.4 Å². The minimum Gasteiger partial charge on any atom is -0.457 e. The van der Waals surface area contributed by atoms with Gasteiger partial charge in [-0.25, -0.2) is 4.18 Å². The molecule has 13 heteroatoms. The van der Waals surface area contributed by atoms with Crippen molar-refractivity contribution in [2.24, 2.45) is 0 Å². The van der Waals surface area contributed by atoms with E-state index in [1.54, 1.807) is 0 Å². The normalized spacial score (nSPS) is 20.7. The van der Waals surface area contributed by atoms with E-state index >= 15 is 0 Å². The topological polar surface area (TPSA) is 178 Å². The van der Waals surface area contributed by atoms with Gasteiger partial charge in [-0.1, -0.05) is 147 Å². The second kappa shape index (κ2) is 37.4. The van der Waals surface area contributed by atoms with E-state index in [1.807, 2.05) is 0 Å². The summed E-state index contributed by atoms with van der Waals surface area (Å²) >= 11 is 0. The van der Waals surface area contributed by atoms with Crippen LogP contribution in [0.15, 0.2) is 24.3 Å². The van der Waals surface area contributed by atoms with Gasteiger partial charge in [-0.3, -0.25) is 9.35 Å². The van der Waals surface area contributed by atoms with E-state index in [4.69, 9.17) is 23.5 Å². The van der Waals surface area contributed by atoms with Crippen molar-refractivity contribution in [3.05, 3.63) is 24.3 Å². The molecule has 0 bridgehead atoms. The molecule has 0 spiro atoms. The molecule has 0 saturated carbocycles. The monoisotopic (exact) mass is 849 g/mol. The van der Waals surface area contributed by atoms with E-state index in [0.717, 1.165) is 57.8 Å². The lowest BCUT2D eigenvalue weighted by atomic mass is 9.99. The number of carbonyl (C=O) groups excluding carboxylic acids is 1. The summed E-state index contributed by atoms with van der Waals surface area (Å²) in [6.07, 6.45) is 32.1. The quantitative estimate of drug-likeness (QED) is 0.0199. The molecule has 1 heterocycles. The molecule has 6 unspecified atom stereocenters. The highest BCUT2D eigenvalue weighted by Crippen LogP contribution is 2.26. The zero-order valence-corrected chi connectivity index (χ0v) is 37.2. The highest BCUT2D eigenvalue weighted by molar-refractivity contribution is 7.80. The van der Waals surface area contributed by atoms with Gasteiger partial charge in [-0.15, -0.1) is 0 Å². The predicted molar refractivity (Wildman–Crippen MR) is 230 cm³/mol. The molecule has 58 heavy (non-hydrogen) atoms. The molecule has 1 aliphatic heterocycles. The van der Waals surface area contributed by atoms with Gasteiger partial charge >= 0.3 is 16.4 Å². The van der Waals surface area contributed by atoms with E-state index in [9.17, 15) is 28.5 Å². The summed E-state index contributed by atoms with van der Waals surface area (Å²) in [6.45, 7) is 3.96. The summed E-state index contributed by atoms with van der Waals surface area (Å²) in [7, 11) is -5.06. The summed E-state index contributed by atoms with van der Waals surface area (Å²) in [6, 6.07) is 0. The molecule has 4 N–H and O–H groups in total. The maximum Gasteiger partial charge on any atom is 0.397 e. The first-order valence-corrected chi connectivity index (χ1v) is 24.5. The Morgan fingerprint density at radius 3 is 1.57 bits per heavy atom. The van der Waals surface area contributed by atoms with E-state index < -0.39 is 59.8 Å². The third-order valence-electron chi connectivity index (χ3n) is 10.5. The lowest BCUT2D eigenvalue weighted by Gasteiger charge is -2.41. The Morgan fingerprint density at radius 2 is 1.09 bits per heavy atom. The molecule has 12 nitrogen and oxygen atoms in total. The van der Waals surface area contributed by atoms with Crippen LogP contribution in [0, 0.1) is 0 Å². The van der Waals surface area contributed by atoms with Crippen LogP contribution in [-0.4, -0.2) is 97.5 Å². The van der Waals surface area contributed by atoms with Crippen LogP contribution in [-0.2, 0) is 38.3 Å². The summed E-state index contributed by atoms with van der Waals surface area (Å²) in [5.74, 6) is -0.409. The first kappa shape index (κ1) is 54.6. The fourth-order valence-electron chi connectivity index (χ4n) is 7.01. The number of hydrogen-bond acceptors (Lipinski definition) is 11. The van der Waals surface area contributed by atoms with Crippen LogP contribution in [0.25, 0.3) is 0 Å². The molecule has 0 aliphatic carbocycles. The minimum absolute atomic E-state index is 0.0328. The van der Waals surface area contributed by atoms with Crippen molar-refractivity contribution in [1.29, 1.82) is 0 Å². The third-order valence-corrected chi connectivity index (χ3v) is 11.0. The highest BCUT2D eigenvalue weighted by atomic mass is 32.3. The number of aliphatic hydroxyl groups excluding tert-OH is 3. The lowest BCUT2D eigenvalue weighted by molar-refractivity contribution is -0.301. The molecule has 1 aliphatic rings. The SMILES string of the molecule is CCCCCC/C=C\CCCCCCCC(=O)OC(COCCCCCCCCCC/C=C\CCCCCCCC)COC1OC(CO)C(O)C(OS(=O)(=O)O)C1O. The molecule has 0 amide bonds. The van der Waals surface area contributed by atoms with Crippen LogP contribution >= 0.6 is 0 Å². The highest BCUT2D eigenvalue weighted by Gasteiger charge is 2.48. The van der Waals surface area contributed by atoms with Crippen molar-refractivity contribution in [2.45, 2.75) is 230 Å². The van der Waals surface area contributed by atoms with Gasteiger partial charge in [0.15, 0.2) is 6.29 Å². The first-order valence-electron chi connectivity index (χ1n) is 23.1. The third kappa shape index (κ3) is 30.6. The fraction of sp³-hybridized carbons (Fsp3) is 0.889. The number of carbonyl (C=O) groups is 1. The molecule has 0 aromatic heterocycles. The standard InChI is InChI=1S/C45H84O12S/c1-3-5-7-9-11-13-15-17-18-19-20-21-23-25-27-29-31-33-35-53-37-39(38-54-45-43(49)44(57-58(50,51)52)42(48)40(36-46)56-45)55-41(47)34-32-30-28-26-24-22-16-14-12-10-8-6-4-2/h14,16-18,39-40,42-46,48-49H,3-13,15,19-38H2,1-2H3,(H,50,51,52)/b16-14-,18-17-. The Balaban J connectivity index is 2.41. The fourth-order valence-corrected chi connectivity index (χ4v) is 7.52. The van der Waals surface area contributed by atoms with Crippen LogP contribution in [0.5, 0.6) is 0 Å². The van der Waals surface area contributed by atoms with Crippen molar-refractivity contribution in [3.63, 3.8) is 0 Å². The Bertz CT molecular complexity index is 1120. The van der Waals surface area contributed by atoms with Gasteiger partial charge < -0.3 is 34.3 Å². The lowest BCUT2D eigenvalue weighted by Crippen LogP contribution is -2.60. The van der Waals surface area contributed by atoms with Gasteiger partial charge in [-0.2, -0.15) is 8.42 Å². The van der Waals surface area contributed by atoms with Crippen LogP contribution in [0.1, 0.15) is 194 Å². The van der Waals surface area contributed by atoms with Gasteiger partial charge in [0, 0.05) is 13.0 Å². The molecular formula is C45H84O12S.